The van der Waals surface area contributed by atoms with E-state index in [0.717, 1.165) is 10.0 Å². The van der Waals surface area contributed by atoms with Crippen molar-refractivity contribution in [1.82, 2.24) is 0 Å². The lowest BCUT2D eigenvalue weighted by molar-refractivity contribution is -0.127. The molecule has 2 aromatic carbocycles. The van der Waals surface area contributed by atoms with E-state index in [-0.39, 0.29) is 5.78 Å². The maximum atomic E-state index is 12.0. The zero-order chi connectivity index (χ0) is 13.7. The molecule has 1 atom stereocenters. The molecule has 0 amide bonds. The van der Waals surface area contributed by atoms with Crippen LogP contribution in [0.5, 0.6) is 0 Å². The molecule has 1 N–H and O–H groups in total. The summed E-state index contributed by atoms with van der Waals surface area (Å²) in [6, 6.07) is 17.1. The van der Waals surface area contributed by atoms with Crippen molar-refractivity contribution in [2.24, 2.45) is 0 Å². The van der Waals surface area contributed by atoms with Crippen LogP contribution >= 0.6 is 15.9 Å². The Morgan fingerprint density at radius 1 is 1.05 bits per heavy atom. The highest BCUT2D eigenvalue weighted by molar-refractivity contribution is 9.10. The van der Waals surface area contributed by atoms with Crippen LogP contribution in [0.2, 0.25) is 0 Å². The van der Waals surface area contributed by atoms with Crippen molar-refractivity contribution in [2.45, 2.75) is 18.9 Å². The lowest BCUT2D eigenvalue weighted by atomic mass is 10.0. The lowest BCUT2D eigenvalue weighted by Crippen LogP contribution is -2.13. The molecule has 0 bridgehead atoms. The molecule has 0 aliphatic heterocycles. The molecular formula is C16H15BrO2. The summed E-state index contributed by atoms with van der Waals surface area (Å²) in [6.07, 6.45) is -0.0625. The molecule has 2 rings (SSSR count). The number of ketones is 1. The van der Waals surface area contributed by atoms with Gasteiger partial charge in [0.15, 0.2) is 5.78 Å². The van der Waals surface area contributed by atoms with Crippen LogP contribution in [-0.2, 0) is 11.2 Å². The Morgan fingerprint density at radius 2 is 1.68 bits per heavy atom. The molecule has 3 heteroatoms. The zero-order valence-corrected chi connectivity index (χ0v) is 12.0. The fraction of sp³-hybridized carbons (Fsp3) is 0.188. The Kier molecular flexibility index (Phi) is 4.88. The number of carbonyl (C=O) groups excluding carboxylic acids is 1. The maximum absolute atomic E-state index is 12.0. The molecule has 1 unspecified atom stereocenters. The first kappa shape index (κ1) is 14.0. The van der Waals surface area contributed by atoms with E-state index in [2.05, 4.69) is 15.9 Å². The van der Waals surface area contributed by atoms with Crippen molar-refractivity contribution in [2.75, 3.05) is 0 Å². The molecule has 0 radical (unpaired) electrons. The van der Waals surface area contributed by atoms with Gasteiger partial charge in [-0.15, -0.1) is 0 Å². The fourth-order valence-electron chi connectivity index (χ4n) is 1.92. The van der Waals surface area contributed by atoms with Gasteiger partial charge in [0.2, 0.25) is 0 Å². The minimum Gasteiger partial charge on any atom is -0.381 e. The second kappa shape index (κ2) is 6.64. The van der Waals surface area contributed by atoms with Gasteiger partial charge in [0.1, 0.15) is 6.10 Å². The third-order valence-corrected chi connectivity index (χ3v) is 3.73. The molecule has 19 heavy (non-hydrogen) atoms. The maximum Gasteiger partial charge on any atom is 0.166 e. The number of Topliss-reactive ketones (excluding diaryl/α,β-unsaturated/α-hetero) is 1. The molecule has 0 fully saturated rings. The van der Waals surface area contributed by atoms with Gasteiger partial charge in [-0.2, -0.15) is 0 Å². The number of rotatable bonds is 5. The van der Waals surface area contributed by atoms with E-state index < -0.39 is 6.10 Å². The number of carbonyl (C=O) groups is 1. The molecule has 0 aromatic heterocycles. The Labute approximate surface area is 121 Å². The van der Waals surface area contributed by atoms with Gasteiger partial charge < -0.3 is 5.11 Å². The van der Waals surface area contributed by atoms with Crippen LogP contribution in [0.15, 0.2) is 59.1 Å². The number of aliphatic hydroxyl groups is 1. The standard InChI is InChI=1S/C16H15BrO2/c17-14-9-5-4-8-13(14)16(19)15(18)11-10-12-6-2-1-3-7-12/h1-9,16,19H,10-11H2. The van der Waals surface area contributed by atoms with Gasteiger partial charge in [-0.25, -0.2) is 0 Å². The molecule has 0 aliphatic rings. The number of hydrogen-bond donors (Lipinski definition) is 1. The SMILES string of the molecule is O=C(CCc1ccccc1)C(O)c1ccccc1Br. The van der Waals surface area contributed by atoms with Crippen LogP contribution in [0, 0.1) is 0 Å². The quantitative estimate of drug-likeness (QED) is 0.913. The van der Waals surface area contributed by atoms with Gasteiger partial charge in [-0.05, 0) is 18.1 Å². The summed E-state index contributed by atoms with van der Waals surface area (Å²) < 4.78 is 0.760. The summed E-state index contributed by atoms with van der Waals surface area (Å²) in [5.41, 5.74) is 1.73. The van der Waals surface area contributed by atoms with Crippen LogP contribution < -0.4 is 0 Å². The minimum atomic E-state index is -1.06. The molecule has 2 aromatic rings. The highest BCUT2D eigenvalue weighted by Gasteiger charge is 2.18. The molecule has 0 saturated heterocycles. The molecular weight excluding hydrogens is 304 g/mol. The normalized spacial score (nSPS) is 12.1. The van der Waals surface area contributed by atoms with Gasteiger partial charge in [0, 0.05) is 16.5 Å². The predicted molar refractivity (Wildman–Crippen MR) is 78.9 cm³/mol. The molecule has 2 nitrogen and oxygen atoms in total. The van der Waals surface area contributed by atoms with Crippen molar-refractivity contribution in [3.63, 3.8) is 0 Å². The number of benzene rings is 2. The zero-order valence-electron chi connectivity index (χ0n) is 10.4. The van der Waals surface area contributed by atoms with Crippen molar-refractivity contribution in [3.05, 3.63) is 70.2 Å². The third-order valence-electron chi connectivity index (χ3n) is 3.01. The molecule has 0 heterocycles. The van der Waals surface area contributed by atoms with Gasteiger partial charge >= 0.3 is 0 Å². The monoisotopic (exact) mass is 318 g/mol. The Balaban J connectivity index is 1.99. The second-order valence-electron chi connectivity index (χ2n) is 4.38. The Bertz CT molecular complexity index is 552. The van der Waals surface area contributed by atoms with Gasteiger partial charge in [0.05, 0.1) is 0 Å². The highest BCUT2D eigenvalue weighted by atomic mass is 79.9. The number of aryl methyl sites for hydroxylation is 1. The average molecular weight is 319 g/mol. The van der Waals surface area contributed by atoms with E-state index in [1.54, 1.807) is 6.07 Å². The lowest BCUT2D eigenvalue weighted by Gasteiger charge is -2.11. The van der Waals surface area contributed by atoms with Gasteiger partial charge in [-0.1, -0.05) is 64.5 Å². The van der Waals surface area contributed by atoms with Crippen LogP contribution in [0.1, 0.15) is 23.7 Å². The fourth-order valence-corrected chi connectivity index (χ4v) is 2.42. The predicted octanol–water partition coefficient (Wildman–Crippen LogP) is 3.68. The van der Waals surface area contributed by atoms with Gasteiger partial charge in [0.25, 0.3) is 0 Å². The van der Waals surface area contributed by atoms with E-state index in [1.165, 1.54) is 0 Å². The first-order chi connectivity index (χ1) is 9.18. The van der Waals surface area contributed by atoms with E-state index in [1.807, 2.05) is 48.5 Å². The summed E-state index contributed by atoms with van der Waals surface area (Å²) >= 11 is 3.35. The average Bonchev–Trinajstić information content (AvgIpc) is 2.45. The van der Waals surface area contributed by atoms with Crippen molar-refractivity contribution in [3.8, 4) is 0 Å². The smallest absolute Gasteiger partial charge is 0.166 e. The molecule has 0 aliphatic carbocycles. The number of aliphatic hydroxyl groups excluding tert-OH is 1. The van der Waals surface area contributed by atoms with Crippen molar-refractivity contribution < 1.29 is 9.90 Å². The summed E-state index contributed by atoms with van der Waals surface area (Å²) in [5.74, 6) is -0.157. The number of hydrogen-bond acceptors (Lipinski definition) is 2. The second-order valence-corrected chi connectivity index (χ2v) is 5.23. The van der Waals surface area contributed by atoms with E-state index >= 15 is 0 Å². The Hall–Kier alpha value is -1.45. The summed E-state index contributed by atoms with van der Waals surface area (Å²) in [5, 5.41) is 10.1. The molecule has 98 valence electrons. The van der Waals surface area contributed by atoms with Crippen molar-refractivity contribution in [1.29, 1.82) is 0 Å². The largest absolute Gasteiger partial charge is 0.381 e. The van der Waals surface area contributed by atoms with E-state index in [9.17, 15) is 9.90 Å². The minimum absolute atomic E-state index is 0.157. The molecule has 0 saturated carbocycles. The van der Waals surface area contributed by atoms with Gasteiger partial charge in [-0.3, -0.25) is 4.79 Å². The van der Waals surface area contributed by atoms with E-state index in [0.29, 0.717) is 18.4 Å². The summed E-state index contributed by atoms with van der Waals surface area (Å²) in [4.78, 5) is 12.0. The van der Waals surface area contributed by atoms with Crippen LogP contribution in [-0.4, -0.2) is 10.9 Å². The highest BCUT2D eigenvalue weighted by Crippen LogP contribution is 2.24. The topological polar surface area (TPSA) is 37.3 Å². The molecule has 0 spiro atoms. The van der Waals surface area contributed by atoms with Crippen LogP contribution in [0.25, 0.3) is 0 Å². The van der Waals surface area contributed by atoms with Crippen molar-refractivity contribution >= 4 is 21.7 Å². The van der Waals surface area contributed by atoms with Crippen LogP contribution in [0.4, 0.5) is 0 Å². The Morgan fingerprint density at radius 3 is 2.37 bits per heavy atom. The first-order valence-electron chi connectivity index (χ1n) is 6.17. The van der Waals surface area contributed by atoms with E-state index in [4.69, 9.17) is 0 Å². The summed E-state index contributed by atoms with van der Waals surface area (Å²) in [6.45, 7) is 0. The van der Waals surface area contributed by atoms with Crippen LogP contribution in [0.3, 0.4) is 0 Å². The number of halogens is 1. The first-order valence-corrected chi connectivity index (χ1v) is 6.97. The third kappa shape index (κ3) is 3.75. The summed E-state index contributed by atoms with van der Waals surface area (Å²) in [7, 11) is 0.